The van der Waals surface area contributed by atoms with Crippen molar-refractivity contribution >= 4 is 5.69 Å². The van der Waals surface area contributed by atoms with Crippen molar-refractivity contribution in [2.75, 3.05) is 12.4 Å². The molecule has 1 aromatic rings. The van der Waals surface area contributed by atoms with Gasteiger partial charge in [0.1, 0.15) is 5.75 Å². The molecule has 1 aliphatic rings. The van der Waals surface area contributed by atoms with E-state index in [1.165, 1.54) is 0 Å². The Kier molecular flexibility index (Phi) is 3.34. The molecule has 16 heavy (non-hydrogen) atoms. The van der Waals surface area contributed by atoms with Crippen LogP contribution in [0.15, 0.2) is 18.2 Å². The lowest BCUT2D eigenvalue weighted by molar-refractivity contribution is 0.172. The van der Waals surface area contributed by atoms with Crippen molar-refractivity contribution in [1.29, 1.82) is 0 Å². The molecular formula is C13H19NO2. The highest BCUT2D eigenvalue weighted by molar-refractivity contribution is 5.51. The predicted molar refractivity (Wildman–Crippen MR) is 65.0 cm³/mol. The fraction of sp³-hybridized carbons (Fsp3) is 0.538. The molecule has 2 N–H and O–H groups in total. The number of aliphatic hydroxyl groups excluding tert-OH is 1. The molecule has 0 aliphatic heterocycles. The van der Waals surface area contributed by atoms with E-state index in [-0.39, 0.29) is 12.1 Å². The maximum absolute atomic E-state index is 9.73. The van der Waals surface area contributed by atoms with Crippen LogP contribution in [0.5, 0.6) is 5.75 Å². The molecule has 1 aromatic carbocycles. The van der Waals surface area contributed by atoms with Gasteiger partial charge in [0.25, 0.3) is 0 Å². The Bertz CT molecular complexity index is 365. The minimum Gasteiger partial charge on any atom is -0.496 e. The molecule has 3 heteroatoms. The van der Waals surface area contributed by atoms with Crippen LogP contribution in [0, 0.1) is 6.92 Å². The van der Waals surface area contributed by atoms with Gasteiger partial charge in [-0.2, -0.15) is 0 Å². The summed E-state index contributed by atoms with van der Waals surface area (Å²) in [6.45, 7) is 2.02. The highest BCUT2D eigenvalue weighted by atomic mass is 16.5. The van der Waals surface area contributed by atoms with E-state index in [0.717, 1.165) is 36.3 Å². The third-order valence-corrected chi connectivity index (χ3v) is 3.23. The second-order valence-corrected chi connectivity index (χ2v) is 4.43. The highest BCUT2D eigenvalue weighted by Gasteiger charge is 2.24. The van der Waals surface area contributed by atoms with Gasteiger partial charge < -0.3 is 15.2 Å². The lowest BCUT2D eigenvalue weighted by Gasteiger charge is -2.18. The van der Waals surface area contributed by atoms with Gasteiger partial charge in [-0.25, -0.2) is 0 Å². The van der Waals surface area contributed by atoms with Crippen molar-refractivity contribution in [3.8, 4) is 5.75 Å². The first-order chi connectivity index (χ1) is 7.70. The van der Waals surface area contributed by atoms with Crippen molar-refractivity contribution in [2.24, 2.45) is 0 Å². The van der Waals surface area contributed by atoms with E-state index in [1.807, 2.05) is 19.1 Å². The molecule has 0 saturated heterocycles. The average molecular weight is 221 g/mol. The maximum atomic E-state index is 9.73. The zero-order valence-electron chi connectivity index (χ0n) is 9.86. The molecule has 1 aliphatic carbocycles. The summed E-state index contributed by atoms with van der Waals surface area (Å²) in [5.41, 5.74) is 2.17. The molecule has 1 fully saturated rings. The minimum absolute atomic E-state index is 0.202. The number of hydrogen-bond acceptors (Lipinski definition) is 3. The van der Waals surface area contributed by atoms with Crippen LogP contribution in [-0.2, 0) is 0 Å². The molecule has 0 radical (unpaired) electrons. The average Bonchev–Trinajstić information content (AvgIpc) is 2.65. The number of aryl methyl sites for hydroxylation is 1. The third-order valence-electron chi connectivity index (χ3n) is 3.23. The molecule has 0 bridgehead atoms. The maximum Gasteiger partial charge on any atom is 0.121 e. The number of benzene rings is 1. The van der Waals surface area contributed by atoms with Gasteiger partial charge in [0, 0.05) is 5.69 Å². The number of nitrogens with one attached hydrogen (secondary N) is 1. The van der Waals surface area contributed by atoms with E-state index in [2.05, 4.69) is 11.4 Å². The highest BCUT2D eigenvalue weighted by Crippen LogP contribution is 2.26. The van der Waals surface area contributed by atoms with E-state index >= 15 is 0 Å². The summed E-state index contributed by atoms with van der Waals surface area (Å²) in [6, 6.07) is 6.22. The fourth-order valence-corrected chi connectivity index (χ4v) is 2.29. The third kappa shape index (κ3) is 2.30. The first-order valence-corrected chi connectivity index (χ1v) is 5.80. The smallest absolute Gasteiger partial charge is 0.121 e. The Morgan fingerprint density at radius 2 is 2.19 bits per heavy atom. The summed E-state index contributed by atoms with van der Waals surface area (Å²) in [7, 11) is 1.68. The number of hydrogen-bond donors (Lipinski definition) is 2. The van der Waals surface area contributed by atoms with Crippen LogP contribution in [0.1, 0.15) is 24.8 Å². The van der Waals surface area contributed by atoms with Gasteiger partial charge in [-0.05, 0) is 49.9 Å². The molecule has 0 heterocycles. The Morgan fingerprint density at radius 3 is 2.75 bits per heavy atom. The van der Waals surface area contributed by atoms with E-state index in [1.54, 1.807) is 7.11 Å². The minimum atomic E-state index is -0.206. The van der Waals surface area contributed by atoms with E-state index in [9.17, 15) is 5.11 Å². The SMILES string of the molecule is COc1ccc(N[C@H]2CCC[C@@H]2O)cc1C. The molecule has 0 unspecified atom stereocenters. The Labute approximate surface area is 96.4 Å². The van der Waals surface area contributed by atoms with E-state index in [0.29, 0.717) is 0 Å². The lowest BCUT2D eigenvalue weighted by atomic mass is 10.1. The van der Waals surface area contributed by atoms with Crippen LogP contribution >= 0.6 is 0 Å². The van der Waals surface area contributed by atoms with Crippen molar-refractivity contribution in [3.63, 3.8) is 0 Å². The Balaban J connectivity index is 2.07. The number of aliphatic hydroxyl groups is 1. The monoisotopic (exact) mass is 221 g/mol. The van der Waals surface area contributed by atoms with Crippen LogP contribution in [0.3, 0.4) is 0 Å². The van der Waals surface area contributed by atoms with Crippen molar-refractivity contribution in [3.05, 3.63) is 23.8 Å². The van der Waals surface area contributed by atoms with E-state index in [4.69, 9.17) is 4.74 Å². The zero-order valence-corrected chi connectivity index (χ0v) is 9.86. The predicted octanol–water partition coefficient (Wildman–Crippen LogP) is 2.33. The number of ether oxygens (including phenoxy) is 1. The molecule has 0 aromatic heterocycles. The van der Waals surface area contributed by atoms with Gasteiger partial charge in [-0.3, -0.25) is 0 Å². The summed E-state index contributed by atoms with van der Waals surface area (Å²) in [5.74, 6) is 0.900. The second-order valence-electron chi connectivity index (χ2n) is 4.43. The van der Waals surface area contributed by atoms with Crippen LogP contribution in [-0.4, -0.2) is 24.4 Å². The van der Waals surface area contributed by atoms with Crippen LogP contribution in [0.2, 0.25) is 0 Å². The van der Waals surface area contributed by atoms with Crippen molar-refractivity contribution in [2.45, 2.75) is 38.3 Å². The molecule has 3 nitrogen and oxygen atoms in total. The molecule has 2 atom stereocenters. The van der Waals surface area contributed by atoms with E-state index < -0.39 is 0 Å². The first kappa shape index (κ1) is 11.3. The van der Waals surface area contributed by atoms with Crippen LogP contribution in [0.25, 0.3) is 0 Å². The summed E-state index contributed by atoms with van der Waals surface area (Å²) in [4.78, 5) is 0. The summed E-state index contributed by atoms with van der Waals surface area (Å²) < 4.78 is 5.21. The Hall–Kier alpha value is -1.22. The first-order valence-electron chi connectivity index (χ1n) is 5.80. The Morgan fingerprint density at radius 1 is 1.38 bits per heavy atom. The summed E-state index contributed by atoms with van der Waals surface area (Å²) in [6.07, 6.45) is 2.86. The van der Waals surface area contributed by atoms with Gasteiger partial charge in [0.15, 0.2) is 0 Å². The molecule has 0 amide bonds. The quantitative estimate of drug-likeness (QED) is 0.823. The molecule has 88 valence electrons. The molecule has 1 saturated carbocycles. The fourth-order valence-electron chi connectivity index (χ4n) is 2.29. The normalized spacial score (nSPS) is 24.4. The number of methoxy groups -OCH3 is 1. The lowest BCUT2D eigenvalue weighted by Crippen LogP contribution is -2.27. The van der Waals surface area contributed by atoms with Gasteiger partial charge >= 0.3 is 0 Å². The number of anilines is 1. The zero-order chi connectivity index (χ0) is 11.5. The molecule has 0 spiro atoms. The second kappa shape index (κ2) is 4.74. The topological polar surface area (TPSA) is 41.5 Å². The summed E-state index contributed by atoms with van der Waals surface area (Å²) >= 11 is 0. The van der Waals surface area contributed by atoms with Crippen molar-refractivity contribution < 1.29 is 9.84 Å². The van der Waals surface area contributed by atoms with Gasteiger partial charge in [0.2, 0.25) is 0 Å². The summed E-state index contributed by atoms with van der Waals surface area (Å²) in [5, 5.41) is 13.1. The molecule has 2 rings (SSSR count). The van der Waals surface area contributed by atoms with Gasteiger partial charge in [0.05, 0.1) is 19.3 Å². The molecular weight excluding hydrogens is 202 g/mol. The van der Waals surface area contributed by atoms with Gasteiger partial charge in [-0.1, -0.05) is 0 Å². The van der Waals surface area contributed by atoms with Crippen molar-refractivity contribution in [1.82, 2.24) is 0 Å². The van der Waals surface area contributed by atoms with Crippen LogP contribution < -0.4 is 10.1 Å². The number of rotatable bonds is 3. The largest absolute Gasteiger partial charge is 0.496 e. The van der Waals surface area contributed by atoms with Gasteiger partial charge in [-0.15, -0.1) is 0 Å². The van der Waals surface area contributed by atoms with Crippen LogP contribution in [0.4, 0.5) is 5.69 Å². The standard InChI is InChI=1S/C13H19NO2/c1-9-8-10(6-7-13(9)16-2)14-11-4-3-5-12(11)15/h6-8,11-12,14-15H,3-5H2,1-2H3/t11-,12-/m0/s1.